The highest BCUT2D eigenvalue weighted by atomic mass is 32.1. The first-order chi connectivity index (χ1) is 45.7. The molecule has 0 aliphatic rings. The number of hydrogen-bond acceptors (Lipinski definition) is 19. The number of aryl methyl sites for hydroxylation is 4. The lowest BCUT2D eigenvalue weighted by molar-refractivity contribution is 0.0935. The quantitative estimate of drug-likeness (QED) is 0.0559. The van der Waals surface area contributed by atoms with Crippen molar-refractivity contribution in [3.8, 4) is 68.5 Å². The van der Waals surface area contributed by atoms with Gasteiger partial charge in [-0.3, -0.25) is 14.4 Å². The van der Waals surface area contributed by atoms with E-state index in [1.165, 1.54) is 50.4 Å². The molecule has 12 rings (SSSR count). The Morgan fingerprint density at radius 3 is 1.46 bits per heavy atom. The van der Waals surface area contributed by atoms with Crippen LogP contribution >= 0.6 is 34.0 Å². The molecule has 12 aromatic rings. The second-order valence-electron chi connectivity index (χ2n) is 21.7. The van der Waals surface area contributed by atoms with Crippen molar-refractivity contribution in [1.82, 2.24) is 29.9 Å². The van der Waals surface area contributed by atoms with E-state index in [0.717, 1.165) is 44.7 Å². The maximum absolute atomic E-state index is 14.0. The number of carbonyl (C=O) groups is 3. The van der Waals surface area contributed by atoms with Crippen LogP contribution in [0, 0.1) is 19.7 Å². The molecule has 0 amide bonds. The lowest BCUT2D eigenvalue weighted by Gasteiger charge is -2.12. The Hall–Kier alpha value is -9.86. The van der Waals surface area contributed by atoms with Gasteiger partial charge >= 0.3 is 0 Å². The molecule has 0 spiro atoms. The zero-order chi connectivity index (χ0) is 66.3. The molecule has 6 aromatic heterocycles. The molecule has 0 radical (unpaired) electrons. The number of carbonyl (C=O) groups excluding carboxylic acids is 3. The molecule has 0 saturated carbocycles. The number of hydrogen-bond donors (Lipinski definition) is 1. The minimum atomic E-state index is -0.868. The van der Waals surface area contributed by atoms with Crippen LogP contribution in [0.15, 0.2) is 162 Å². The number of aromatic nitrogens is 6. The highest BCUT2D eigenvalue weighted by Gasteiger charge is 2.20. The van der Waals surface area contributed by atoms with Crippen molar-refractivity contribution in [3.63, 3.8) is 0 Å². The molecule has 16 nitrogen and oxygen atoms in total. The number of methoxy groups -OCH3 is 6. The van der Waals surface area contributed by atoms with Crippen molar-refractivity contribution in [3.05, 3.63) is 213 Å². The van der Waals surface area contributed by atoms with Crippen LogP contribution in [-0.2, 0) is 12.8 Å². The van der Waals surface area contributed by atoms with Gasteiger partial charge in [0, 0.05) is 125 Å². The van der Waals surface area contributed by atoms with Gasteiger partial charge in [-0.05, 0) is 130 Å². The molecule has 0 fully saturated rings. The smallest absolute Gasteiger partial charge is 0.163 e. The van der Waals surface area contributed by atoms with E-state index in [4.69, 9.17) is 33.4 Å². The summed E-state index contributed by atoms with van der Waals surface area (Å²) < 4.78 is 48.6. The fourth-order valence-corrected chi connectivity index (χ4v) is 13.7. The number of ketones is 3. The highest BCUT2D eigenvalue weighted by molar-refractivity contribution is 7.18. The predicted molar refractivity (Wildman–Crippen MR) is 370 cm³/mol. The summed E-state index contributed by atoms with van der Waals surface area (Å²) in [6.45, 7) is 4.21. The van der Waals surface area contributed by atoms with Gasteiger partial charge in [0.2, 0.25) is 0 Å². The van der Waals surface area contributed by atoms with E-state index >= 15 is 0 Å². The molecule has 1 unspecified atom stereocenters. The van der Waals surface area contributed by atoms with Crippen molar-refractivity contribution < 1.29 is 52.3 Å². The van der Waals surface area contributed by atoms with Crippen molar-refractivity contribution >= 4 is 81.6 Å². The van der Waals surface area contributed by atoms with Crippen LogP contribution in [0.5, 0.6) is 34.5 Å². The fourth-order valence-electron chi connectivity index (χ4n) is 10.7. The average Bonchev–Trinajstić information content (AvgIpc) is 1.76. The van der Waals surface area contributed by atoms with Gasteiger partial charge in [-0.25, -0.2) is 34.3 Å². The first kappa shape index (κ1) is 67.0. The summed E-state index contributed by atoms with van der Waals surface area (Å²) in [5.74, 6) is 5.04. The van der Waals surface area contributed by atoms with Crippen LogP contribution in [-0.4, -0.2) is 95.0 Å². The first-order valence-electron chi connectivity index (χ1n) is 30.2. The topological polar surface area (TPSA) is 204 Å². The normalized spacial score (nSPS) is 11.3. The summed E-state index contributed by atoms with van der Waals surface area (Å²) in [5, 5.41) is 19.9. The van der Waals surface area contributed by atoms with E-state index in [9.17, 15) is 23.9 Å². The Balaban J connectivity index is 0.000000154. The molecule has 6 heterocycles. The van der Waals surface area contributed by atoms with E-state index in [-0.39, 0.29) is 36.0 Å². The van der Waals surface area contributed by atoms with Crippen molar-refractivity contribution in [2.45, 2.75) is 71.3 Å². The number of halogens is 1. The van der Waals surface area contributed by atoms with Crippen LogP contribution in [0.1, 0.15) is 104 Å². The van der Waals surface area contributed by atoms with Gasteiger partial charge in [-0.1, -0.05) is 48.5 Å². The minimum absolute atomic E-state index is 0.0366. The van der Waals surface area contributed by atoms with E-state index in [1.54, 1.807) is 144 Å². The summed E-state index contributed by atoms with van der Waals surface area (Å²) in [5.41, 5.74) is 9.38. The zero-order valence-electron chi connectivity index (χ0n) is 53.2. The van der Waals surface area contributed by atoms with Gasteiger partial charge < -0.3 is 33.5 Å². The number of Topliss-reactive ketones (excluding diaryl/α,β-unsaturated/α-hetero) is 3. The third-order valence-corrected chi connectivity index (χ3v) is 19.0. The molecule has 0 aliphatic heterocycles. The number of benzene rings is 6. The summed E-state index contributed by atoms with van der Waals surface area (Å²) in [6, 6.07) is 38.5. The molecule has 0 aliphatic carbocycles. The number of thiophene rings is 3. The van der Waals surface area contributed by atoms with E-state index in [1.807, 2.05) is 35.0 Å². The van der Waals surface area contributed by atoms with E-state index in [2.05, 4.69) is 74.5 Å². The number of aliphatic hydroxyl groups excluding tert-OH is 1. The third kappa shape index (κ3) is 15.8. The fraction of sp³-hybridized carbons (Fsp3) is 0.230. The van der Waals surface area contributed by atoms with Crippen molar-refractivity contribution in [2.24, 2.45) is 0 Å². The van der Waals surface area contributed by atoms with Gasteiger partial charge in [-0.15, -0.1) is 34.0 Å². The standard InChI is InChI=1S/C25H24N2O4S.C25H24N2O3S.C24H21FN2O3S/c1-15-5-4-6-17-18(14-32-24(15)17)25-26-12-11-19(27-25)21(29)9-8-20(28)16-7-10-22(30-2)23(13-16)31-3;1-16-6-4-7-18-19(15-31-25(16)18)20-12-13-26-24(27-20)9-5-8-21(28)17-10-11-22(29-2)23(14-17)30-3;1-29-21-10-9-15(13-22(21)30-2)20(28)8-3-5-16-11-12-26-24(27-16)18-14-31-23-17(18)6-4-7-19(23)25/h4-7,10-14,21,29H,8-9H2,1-3H3;4,6-7,10-15H,5,8-9H2,1-3H3;4,6-7,9-14H,3,5,8H2,1-2H3. The van der Waals surface area contributed by atoms with Crippen molar-refractivity contribution in [2.75, 3.05) is 42.7 Å². The molecule has 94 heavy (non-hydrogen) atoms. The molecule has 480 valence electrons. The molecule has 0 bridgehead atoms. The minimum Gasteiger partial charge on any atom is -0.493 e. The van der Waals surface area contributed by atoms with Crippen LogP contribution in [0.25, 0.3) is 64.3 Å². The number of fused-ring (bicyclic) bond motifs is 3. The average molecular weight is 1320 g/mol. The largest absolute Gasteiger partial charge is 0.493 e. The van der Waals surface area contributed by atoms with Crippen LogP contribution < -0.4 is 28.4 Å². The summed E-state index contributed by atoms with van der Waals surface area (Å²) >= 11 is 4.75. The number of aliphatic hydroxyl groups is 1. The molecular weight excluding hydrogens is 1250 g/mol. The highest BCUT2D eigenvalue weighted by Crippen LogP contribution is 2.38. The van der Waals surface area contributed by atoms with Crippen molar-refractivity contribution in [1.29, 1.82) is 0 Å². The molecule has 1 N–H and O–H groups in total. The SMILES string of the molecule is COc1ccc(C(=O)CCC(O)c2ccnc(-c3csc4c(C)cccc34)n2)cc1OC.COc1ccc(C(=O)CCCc2ccnc(-c3csc4c(F)cccc34)n2)cc1OC.COc1ccc(C(=O)CCCc2nccc(-c3csc4c(C)cccc34)n2)cc1OC. The van der Waals surface area contributed by atoms with Gasteiger partial charge in [0.1, 0.15) is 11.6 Å². The Labute approximate surface area is 556 Å². The third-order valence-electron chi connectivity index (χ3n) is 15.7. The maximum Gasteiger partial charge on any atom is 0.163 e. The Morgan fingerprint density at radius 2 is 0.915 bits per heavy atom. The Bertz CT molecular complexity index is 4470. The van der Waals surface area contributed by atoms with E-state index < -0.39 is 6.10 Å². The summed E-state index contributed by atoms with van der Waals surface area (Å²) in [4.78, 5) is 65.0. The lowest BCUT2D eigenvalue weighted by atomic mass is 10.0. The molecule has 0 saturated heterocycles. The summed E-state index contributed by atoms with van der Waals surface area (Å²) in [7, 11) is 9.32. The summed E-state index contributed by atoms with van der Waals surface area (Å²) in [6.07, 6.45) is 8.16. The maximum atomic E-state index is 14.0. The van der Waals surface area contributed by atoms with E-state index in [0.29, 0.717) is 112 Å². The van der Waals surface area contributed by atoms with Gasteiger partial charge in [0.15, 0.2) is 63.5 Å². The zero-order valence-corrected chi connectivity index (χ0v) is 55.7. The Kier molecular flexibility index (Phi) is 22.6. The number of ether oxygens (including phenoxy) is 6. The second-order valence-corrected chi connectivity index (χ2v) is 24.4. The Morgan fingerprint density at radius 1 is 0.468 bits per heavy atom. The monoisotopic (exact) mass is 1320 g/mol. The van der Waals surface area contributed by atoms with Gasteiger partial charge in [-0.2, -0.15) is 0 Å². The second kappa shape index (κ2) is 31.6. The number of nitrogens with zero attached hydrogens (tertiary/aromatic N) is 6. The molecule has 1 atom stereocenters. The number of rotatable bonds is 24. The van der Waals surface area contributed by atoms with Crippen LogP contribution in [0.4, 0.5) is 4.39 Å². The van der Waals surface area contributed by atoms with Gasteiger partial charge in [0.05, 0.1) is 64.9 Å². The first-order valence-corrected chi connectivity index (χ1v) is 32.9. The van der Waals surface area contributed by atoms with Crippen LogP contribution in [0.3, 0.4) is 0 Å². The molecule has 20 heteroatoms. The predicted octanol–water partition coefficient (Wildman–Crippen LogP) is 17.0. The van der Waals surface area contributed by atoms with Gasteiger partial charge in [0.25, 0.3) is 0 Å². The lowest BCUT2D eigenvalue weighted by Crippen LogP contribution is -2.07. The molecular formula is C74H69FN6O10S3. The molecule has 6 aromatic carbocycles. The van der Waals surface area contributed by atoms with Crippen LogP contribution in [0.2, 0.25) is 0 Å².